The number of fused-ring (bicyclic) bond motifs is 1. The van der Waals surface area contributed by atoms with Gasteiger partial charge in [-0.1, -0.05) is 6.07 Å². The van der Waals surface area contributed by atoms with Crippen molar-refractivity contribution in [3.63, 3.8) is 0 Å². The number of nitrogens with zero attached hydrogens (tertiary/aromatic N) is 4. The molecule has 3 aromatic heterocycles. The third kappa shape index (κ3) is 3.03. The molecule has 0 saturated carbocycles. The van der Waals surface area contributed by atoms with Crippen LogP contribution in [0.5, 0.6) is 5.75 Å². The first kappa shape index (κ1) is 14.8. The zero-order chi connectivity index (χ0) is 17.1. The van der Waals surface area contributed by atoms with E-state index >= 15 is 0 Å². The van der Waals surface area contributed by atoms with E-state index in [2.05, 4.69) is 21.0 Å². The third-order valence-electron chi connectivity index (χ3n) is 3.66. The highest BCUT2D eigenvalue weighted by molar-refractivity contribution is 5.78. The van der Waals surface area contributed by atoms with E-state index in [9.17, 15) is 5.26 Å². The molecule has 0 atom stereocenters. The van der Waals surface area contributed by atoms with Gasteiger partial charge in [-0.25, -0.2) is 4.98 Å². The summed E-state index contributed by atoms with van der Waals surface area (Å²) >= 11 is 0. The molecule has 0 saturated heterocycles. The van der Waals surface area contributed by atoms with Crippen LogP contribution in [0.15, 0.2) is 65.6 Å². The monoisotopic (exact) mass is 328 g/mol. The fourth-order valence-corrected chi connectivity index (χ4v) is 2.42. The van der Waals surface area contributed by atoms with Crippen LogP contribution >= 0.6 is 0 Å². The van der Waals surface area contributed by atoms with E-state index in [-0.39, 0.29) is 0 Å². The van der Waals surface area contributed by atoms with Crippen molar-refractivity contribution in [1.82, 2.24) is 15.0 Å². The molecule has 0 aliphatic carbocycles. The summed E-state index contributed by atoms with van der Waals surface area (Å²) in [5.74, 6) is 1.05. The van der Waals surface area contributed by atoms with Gasteiger partial charge in [0.2, 0.25) is 5.89 Å². The van der Waals surface area contributed by atoms with E-state index in [1.54, 1.807) is 43.0 Å². The molecule has 25 heavy (non-hydrogen) atoms. The van der Waals surface area contributed by atoms with Gasteiger partial charge in [-0.15, -0.1) is 0 Å². The number of pyridine rings is 2. The highest BCUT2D eigenvalue weighted by atomic mass is 16.5. The van der Waals surface area contributed by atoms with Crippen molar-refractivity contribution in [2.24, 2.45) is 0 Å². The smallest absolute Gasteiger partial charge is 0.230 e. The van der Waals surface area contributed by atoms with Crippen LogP contribution in [0.1, 0.15) is 11.1 Å². The number of ether oxygens (including phenoxy) is 1. The van der Waals surface area contributed by atoms with Crippen LogP contribution in [0.4, 0.5) is 0 Å². The van der Waals surface area contributed by atoms with Crippen LogP contribution in [-0.4, -0.2) is 15.0 Å². The lowest BCUT2D eigenvalue weighted by Crippen LogP contribution is -1.95. The summed E-state index contributed by atoms with van der Waals surface area (Å²) < 4.78 is 11.5. The average Bonchev–Trinajstić information content (AvgIpc) is 3.10. The van der Waals surface area contributed by atoms with Crippen LogP contribution < -0.4 is 4.74 Å². The maximum atomic E-state index is 9.20. The molecule has 0 radical (unpaired) electrons. The number of aromatic nitrogens is 3. The summed E-state index contributed by atoms with van der Waals surface area (Å²) in [7, 11) is 0. The van der Waals surface area contributed by atoms with Gasteiger partial charge in [-0.2, -0.15) is 5.26 Å². The number of hydrogen-bond donors (Lipinski definition) is 0. The second-order valence-electron chi connectivity index (χ2n) is 5.33. The molecule has 0 bridgehead atoms. The van der Waals surface area contributed by atoms with E-state index in [1.165, 1.54) is 0 Å². The van der Waals surface area contributed by atoms with E-state index in [0.717, 1.165) is 5.56 Å². The lowest BCUT2D eigenvalue weighted by molar-refractivity contribution is 0.306. The van der Waals surface area contributed by atoms with Crippen molar-refractivity contribution < 1.29 is 9.15 Å². The minimum absolute atomic E-state index is 0.365. The molecule has 0 amide bonds. The van der Waals surface area contributed by atoms with E-state index < -0.39 is 0 Å². The molecule has 1 aromatic carbocycles. The van der Waals surface area contributed by atoms with Gasteiger partial charge in [0.15, 0.2) is 5.58 Å². The first-order valence-electron chi connectivity index (χ1n) is 7.60. The van der Waals surface area contributed by atoms with Gasteiger partial charge in [0.25, 0.3) is 0 Å². The summed E-state index contributed by atoms with van der Waals surface area (Å²) in [6, 6.07) is 13.0. The molecule has 4 rings (SSSR count). The summed E-state index contributed by atoms with van der Waals surface area (Å²) in [5.41, 5.74) is 3.30. The highest BCUT2D eigenvalue weighted by Crippen LogP contribution is 2.28. The molecule has 6 nitrogen and oxygen atoms in total. The Morgan fingerprint density at radius 1 is 1.08 bits per heavy atom. The van der Waals surface area contributed by atoms with E-state index in [4.69, 9.17) is 9.15 Å². The molecule has 4 aromatic rings. The van der Waals surface area contributed by atoms with Crippen molar-refractivity contribution in [1.29, 1.82) is 5.26 Å². The predicted octanol–water partition coefficient (Wildman–Crippen LogP) is 3.74. The summed E-state index contributed by atoms with van der Waals surface area (Å²) in [4.78, 5) is 12.6. The highest BCUT2D eigenvalue weighted by Gasteiger charge is 2.13. The Labute approximate surface area is 143 Å². The minimum Gasteiger partial charge on any atom is -0.489 e. The Morgan fingerprint density at radius 2 is 2.00 bits per heavy atom. The standard InChI is InChI=1S/C19H12N4O2/c20-9-14-5-7-22-11-16(14)19-23-17-8-15(3-4-18(17)25-19)24-12-13-2-1-6-21-10-13/h1-8,10-11H,12H2. The Kier molecular flexibility index (Phi) is 3.81. The quantitative estimate of drug-likeness (QED) is 0.567. The average molecular weight is 328 g/mol. The molecule has 3 heterocycles. The molecule has 0 aliphatic heterocycles. The summed E-state index contributed by atoms with van der Waals surface area (Å²) in [5, 5.41) is 9.20. The van der Waals surface area contributed by atoms with Gasteiger partial charge in [0, 0.05) is 36.4 Å². The summed E-state index contributed by atoms with van der Waals surface area (Å²) in [6.07, 6.45) is 6.62. The van der Waals surface area contributed by atoms with Gasteiger partial charge in [-0.3, -0.25) is 9.97 Å². The lowest BCUT2D eigenvalue weighted by atomic mass is 10.1. The maximum absolute atomic E-state index is 9.20. The van der Waals surface area contributed by atoms with Gasteiger partial charge in [0.1, 0.15) is 23.9 Å². The van der Waals surface area contributed by atoms with Crippen molar-refractivity contribution in [2.45, 2.75) is 6.61 Å². The zero-order valence-corrected chi connectivity index (χ0v) is 13.1. The number of rotatable bonds is 4. The van der Waals surface area contributed by atoms with E-state index in [0.29, 0.717) is 40.5 Å². The fraction of sp³-hybridized carbons (Fsp3) is 0.0526. The summed E-state index contributed by atoms with van der Waals surface area (Å²) in [6.45, 7) is 0.422. The molecular formula is C19H12N4O2. The topological polar surface area (TPSA) is 84.8 Å². The largest absolute Gasteiger partial charge is 0.489 e. The molecule has 120 valence electrons. The van der Waals surface area contributed by atoms with Crippen LogP contribution in [0, 0.1) is 11.3 Å². The van der Waals surface area contributed by atoms with Crippen molar-refractivity contribution in [3.05, 3.63) is 72.3 Å². The van der Waals surface area contributed by atoms with E-state index in [1.807, 2.05) is 18.2 Å². The van der Waals surface area contributed by atoms with Crippen molar-refractivity contribution >= 4 is 11.1 Å². The van der Waals surface area contributed by atoms with Crippen LogP contribution in [0.25, 0.3) is 22.6 Å². The Bertz CT molecular complexity index is 1070. The molecule has 0 N–H and O–H groups in total. The second-order valence-corrected chi connectivity index (χ2v) is 5.33. The number of oxazole rings is 1. The van der Waals surface area contributed by atoms with Crippen molar-refractivity contribution in [3.8, 4) is 23.3 Å². The van der Waals surface area contributed by atoms with Crippen LogP contribution in [0.2, 0.25) is 0 Å². The number of nitriles is 1. The van der Waals surface area contributed by atoms with Gasteiger partial charge in [0.05, 0.1) is 11.1 Å². The van der Waals surface area contributed by atoms with Gasteiger partial charge < -0.3 is 9.15 Å². The van der Waals surface area contributed by atoms with Crippen molar-refractivity contribution in [2.75, 3.05) is 0 Å². The number of hydrogen-bond acceptors (Lipinski definition) is 6. The second kappa shape index (κ2) is 6.42. The van der Waals surface area contributed by atoms with Crippen LogP contribution in [-0.2, 0) is 6.61 Å². The Morgan fingerprint density at radius 3 is 2.84 bits per heavy atom. The molecule has 0 fully saturated rings. The molecule has 0 aliphatic rings. The molecule has 0 spiro atoms. The minimum atomic E-state index is 0.365. The van der Waals surface area contributed by atoms with Gasteiger partial charge >= 0.3 is 0 Å². The number of benzene rings is 1. The normalized spacial score (nSPS) is 10.5. The fourth-order valence-electron chi connectivity index (χ4n) is 2.42. The van der Waals surface area contributed by atoms with Gasteiger partial charge in [-0.05, 0) is 24.3 Å². The third-order valence-corrected chi connectivity index (χ3v) is 3.66. The SMILES string of the molecule is N#Cc1ccncc1-c1nc2cc(OCc3cccnc3)ccc2o1. The Balaban J connectivity index is 1.62. The first-order chi connectivity index (χ1) is 12.3. The predicted molar refractivity (Wildman–Crippen MR) is 90.5 cm³/mol. The van der Waals surface area contributed by atoms with Crippen LogP contribution in [0.3, 0.4) is 0 Å². The maximum Gasteiger partial charge on any atom is 0.230 e. The molecule has 6 heteroatoms. The first-order valence-corrected chi connectivity index (χ1v) is 7.60. The lowest BCUT2D eigenvalue weighted by Gasteiger charge is -2.05. The zero-order valence-electron chi connectivity index (χ0n) is 13.1. The Hall–Kier alpha value is -3.72. The molecule has 0 unspecified atom stereocenters. The molecular weight excluding hydrogens is 316 g/mol.